The van der Waals surface area contributed by atoms with Crippen molar-refractivity contribution >= 4 is 23.8 Å². The van der Waals surface area contributed by atoms with Gasteiger partial charge in [0.15, 0.2) is 0 Å². The van der Waals surface area contributed by atoms with Crippen molar-refractivity contribution in [2.45, 2.75) is 6.42 Å². The Balaban J connectivity index is 1.55. The monoisotopic (exact) mass is 342 g/mol. The van der Waals surface area contributed by atoms with Crippen LogP contribution in [-0.2, 0) is 16.0 Å². The van der Waals surface area contributed by atoms with Crippen LogP contribution in [0.1, 0.15) is 5.56 Å². The third-order valence-corrected chi connectivity index (χ3v) is 4.10. The summed E-state index contributed by atoms with van der Waals surface area (Å²) in [5, 5.41) is 2.71. The van der Waals surface area contributed by atoms with Gasteiger partial charge in [0.05, 0.1) is 18.3 Å². The molecule has 2 aromatic rings. The number of halogens is 1. The summed E-state index contributed by atoms with van der Waals surface area (Å²) in [6.45, 7) is 2.89. The second kappa shape index (κ2) is 7.74. The molecule has 1 aromatic heterocycles. The zero-order valence-corrected chi connectivity index (χ0v) is 13.7. The van der Waals surface area contributed by atoms with Gasteiger partial charge in [0.25, 0.3) is 0 Å². The smallest absolute Gasteiger partial charge is 0.229 e. The number of benzene rings is 1. The maximum atomic E-state index is 13.1. The van der Waals surface area contributed by atoms with E-state index in [0.29, 0.717) is 24.5 Å². The molecule has 1 aliphatic rings. The number of pyridine rings is 1. The Morgan fingerprint density at radius 3 is 2.64 bits per heavy atom. The van der Waals surface area contributed by atoms with E-state index >= 15 is 0 Å². The Kier molecular flexibility index (Phi) is 5.23. The number of nitrogens with zero attached hydrogens (tertiary/aromatic N) is 3. The first-order valence-corrected chi connectivity index (χ1v) is 8.09. The molecule has 2 heterocycles. The van der Waals surface area contributed by atoms with E-state index in [-0.39, 0.29) is 18.1 Å². The molecule has 1 fully saturated rings. The number of nitrogens with one attached hydrogen (secondary N) is 1. The lowest BCUT2D eigenvalue weighted by molar-refractivity contribution is -0.118. The van der Waals surface area contributed by atoms with Gasteiger partial charge in [-0.05, 0) is 29.8 Å². The van der Waals surface area contributed by atoms with Gasteiger partial charge < -0.3 is 15.1 Å². The average molecular weight is 342 g/mol. The number of carbonyl (C=O) groups is 2. The highest BCUT2D eigenvalue weighted by atomic mass is 19.1. The summed E-state index contributed by atoms with van der Waals surface area (Å²) in [5.41, 5.74) is 1.57. The van der Waals surface area contributed by atoms with E-state index < -0.39 is 0 Å². The first-order valence-electron chi connectivity index (χ1n) is 8.09. The maximum absolute atomic E-state index is 13.1. The van der Waals surface area contributed by atoms with Crippen molar-refractivity contribution in [3.63, 3.8) is 0 Å². The van der Waals surface area contributed by atoms with Gasteiger partial charge in [0.2, 0.25) is 12.3 Å². The molecular weight excluding hydrogens is 323 g/mol. The molecule has 0 saturated carbocycles. The largest absolute Gasteiger partial charge is 0.367 e. The van der Waals surface area contributed by atoms with Gasteiger partial charge >= 0.3 is 0 Å². The molecule has 1 aromatic carbocycles. The zero-order valence-electron chi connectivity index (χ0n) is 13.7. The van der Waals surface area contributed by atoms with Crippen molar-refractivity contribution in [2.75, 3.05) is 36.4 Å². The zero-order chi connectivity index (χ0) is 17.6. The topological polar surface area (TPSA) is 65.5 Å². The van der Waals surface area contributed by atoms with E-state index in [0.717, 1.165) is 25.2 Å². The first kappa shape index (κ1) is 16.9. The fourth-order valence-electron chi connectivity index (χ4n) is 2.75. The summed E-state index contributed by atoms with van der Waals surface area (Å²) in [7, 11) is 0. The fourth-order valence-corrected chi connectivity index (χ4v) is 2.75. The molecule has 2 amide bonds. The van der Waals surface area contributed by atoms with Crippen LogP contribution in [0, 0.1) is 5.82 Å². The van der Waals surface area contributed by atoms with Crippen LogP contribution in [0.3, 0.4) is 0 Å². The lowest BCUT2D eigenvalue weighted by Gasteiger charge is -2.33. The number of amides is 2. The number of hydrogen-bond donors (Lipinski definition) is 1. The minimum absolute atomic E-state index is 0.0921. The van der Waals surface area contributed by atoms with E-state index in [9.17, 15) is 14.0 Å². The van der Waals surface area contributed by atoms with Crippen LogP contribution in [0.2, 0.25) is 0 Å². The van der Waals surface area contributed by atoms with E-state index in [4.69, 9.17) is 0 Å². The number of hydrogen-bond acceptors (Lipinski definition) is 4. The van der Waals surface area contributed by atoms with Gasteiger partial charge in [-0.15, -0.1) is 0 Å². The lowest BCUT2D eigenvalue weighted by atomic mass is 10.1. The van der Waals surface area contributed by atoms with E-state index in [1.54, 1.807) is 29.3 Å². The molecule has 1 saturated heterocycles. The molecular formula is C18H19FN4O2. The molecule has 0 spiro atoms. The molecule has 0 bridgehead atoms. The van der Waals surface area contributed by atoms with Crippen LogP contribution in [-0.4, -0.2) is 48.4 Å². The molecule has 6 nitrogen and oxygen atoms in total. The summed E-state index contributed by atoms with van der Waals surface area (Å²) in [6.07, 6.45) is 2.66. The van der Waals surface area contributed by atoms with Gasteiger partial charge in [-0.2, -0.15) is 0 Å². The highest BCUT2D eigenvalue weighted by Gasteiger charge is 2.16. The standard InChI is InChI=1S/C18H19FN4O2/c19-15-3-1-2-14(10-15)11-18(25)21-17-5-4-16(12-20-17)23-8-6-22(13-24)7-9-23/h1-5,10,12-13H,6-9,11H2,(H,20,21,25). The van der Waals surface area contributed by atoms with Crippen LogP contribution < -0.4 is 10.2 Å². The Hall–Kier alpha value is -2.96. The van der Waals surface area contributed by atoms with Crippen LogP contribution in [0.5, 0.6) is 0 Å². The molecule has 3 rings (SSSR count). The molecule has 0 radical (unpaired) electrons. The van der Waals surface area contributed by atoms with Crippen LogP contribution in [0.25, 0.3) is 0 Å². The second-order valence-corrected chi connectivity index (χ2v) is 5.88. The minimum atomic E-state index is -0.359. The highest BCUT2D eigenvalue weighted by Crippen LogP contribution is 2.17. The summed E-state index contributed by atoms with van der Waals surface area (Å²) in [6, 6.07) is 9.60. The van der Waals surface area contributed by atoms with Crippen molar-refractivity contribution in [1.29, 1.82) is 0 Å². The van der Waals surface area contributed by atoms with E-state index in [1.165, 1.54) is 12.1 Å². The van der Waals surface area contributed by atoms with Gasteiger partial charge in [-0.3, -0.25) is 9.59 Å². The van der Waals surface area contributed by atoms with Crippen molar-refractivity contribution in [1.82, 2.24) is 9.88 Å². The Labute approximate surface area is 145 Å². The van der Waals surface area contributed by atoms with Crippen LogP contribution in [0.15, 0.2) is 42.6 Å². The number of piperazine rings is 1. The van der Waals surface area contributed by atoms with Crippen molar-refractivity contribution in [2.24, 2.45) is 0 Å². The number of anilines is 2. The Morgan fingerprint density at radius 2 is 2.00 bits per heavy atom. The first-order chi connectivity index (χ1) is 12.1. The van der Waals surface area contributed by atoms with Crippen molar-refractivity contribution in [3.8, 4) is 0 Å². The predicted molar refractivity (Wildman–Crippen MR) is 92.8 cm³/mol. The molecule has 0 unspecified atom stereocenters. The number of rotatable bonds is 5. The predicted octanol–water partition coefficient (Wildman–Crippen LogP) is 1.68. The minimum Gasteiger partial charge on any atom is -0.367 e. The molecule has 0 atom stereocenters. The fraction of sp³-hybridized carbons (Fsp3) is 0.278. The van der Waals surface area contributed by atoms with E-state index in [2.05, 4.69) is 15.2 Å². The highest BCUT2D eigenvalue weighted by molar-refractivity contribution is 5.91. The third-order valence-electron chi connectivity index (χ3n) is 4.10. The molecule has 7 heteroatoms. The normalized spacial score (nSPS) is 14.3. The lowest BCUT2D eigenvalue weighted by Crippen LogP contribution is -2.45. The number of aromatic nitrogens is 1. The summed E-state index contributed by atoms with van der Waals surface area (Å²) in [5.74, 6) is -0.149. The van der Waals surface area contributed by atoms with Crippen LogP contribution >= 0.6 is 0 Å². The van der Waals surface area contributed by atoms with E-state index in [1.807, 2.05) is 6.07 Å². The average Bonchev–Trinajstić information content (AvgIpc) is 2.62. The van der Waals surface area contributed by atoms with Crippen LogP contribution in [0.4, 0.5) is 15.9 Å². The Morgan fingerprint density at radius 1 is 1.20 bits per heavy atom. The second-order valence-electron chi connectivity index (χ2n) is 5.88. The van der Waals surface area contributed by atoms with Crippen molar-refractivity contribution in [3.05, 3.63) is 54.0 Å². The molecule has 0 aliphatic carbocycles. The van der Waals surface area contributed by atoms with Gasteiger partial charge in [0.1, 0.15) is 11.6 Å². The van der Waals surface area contributed by atoms with Gasteiger partial charge in [0, 0.05) is 26.2 Å². The summed E-state index contributed by atoms with van der Waals surface area (Å²) in [4.78, 5) is 30.9. The Bertz CT molecular complexity index is 743. The SMILES string of the molecule is O=CN1CCN(c2ccc(NC(=O)Cc3cccc(F)c3)nc2)CC1. The summed E-state index contributed by atoms with van der Waals surface area (Å²) >= 11 is 0. The number of carbonyl (C=O) groups excluding carboxylic acids is 2. The maximum Gasteiger partial charge on any atom is 0.229 e. The van der Waals surface area contributed by atoms with Gasteiger partial charge in [-0.25, -0.2) is 9.37 Å². The van der Waals surface area contributed by atoms with Gasteiger partial charge in [-0.1, -0.05) is 12.1 Å². The quantitative estimate of drug-likeness (QED) is 0.840. The van der Waals surface area contributed by atoms with Crippen molar-refractivity contribution < 1.29 is 14.0 Å². The third kappa shape index (κ3) is 4.53. The molecule has 130 valence electrons. The molecule has 1 aliphatic heterocycles. The summed E-state index contributed by atoms with van der Waals surface area (Å²) < 4.78 is 13.1. The molecule has 25 heavy (non-hydrogen) atoms. The molecule has 1 N–H and O–H groups in total.